The maximum absolute atomic E-state index is 13.0. The molecule has 7 nitrogen and oxygen atoms in total. The van der Waals surface area contributed by atoms with E-state index < -0.39 is 45.8 Å². The van der Waals surface area contributed by atoms with Crippen molar-refractivity contribution in [1.82, 2.24) is 0 Å². The molecule has 31 heavy (non-hydrogen) atoms. The number of carbonyl (C=O) groups is 2. The van der Waals surface area contributed by atoms with Gasteiger partial charge in [0, 0.05) is 5.41 Å². The van der Waals surface area contributed by atoms with E-state index in [0.717, 1.165) is 32.1 Å². The van der Waals surface area contributed by atoms with Crippen LogP contribution in [0.5, 0.6) is 0 Å². The normalized spacial score (nSPS) is 36.3. The Morgan fingerprint density at radius 1 is 0.935 bits per heavy atom. The summed E-state index contributed by atoms with van der Waals surface area (Å²) in [6.45, 7) is -1.75. The molecule has 2 bridgehead atoms. The summed E-state index contributed by atoms with van der Waals surface area (Å²) < 4.78 is 111. The Morgan fingerprint density at radius 3 is 2.03 bits per heavy atom. The molecule has 4 saturated carbocycles. The van der Waals surface area contributed by atoms with E-state index in [4.69, 9.17) is 9.29 Å². The lowest BCUT2D eigenvalue weighted by molar-refractivity contribution is -0.269. The van der Waals surface area contributed by atoms with Crippen molar-refractivity contribution in [1.29, 1.82) is 0 Å². The molecule has 0 aliphatic heterocycles. The van der Waals surface area contributed by atoms with Gasteiger partial charge in [0.05, 0.1) is 6.61 Å². The number of alkyl halides is 6. The average Bonchev–Trinajstić information content (AvgIpc) is 3.03. The molecule has 176 valence electrons. The number of rotatable bonds is 6. The van der Waals surface area contributed by atoms with Crippen LogP contribution >= 0.6 is 0 Å². The zero-order chi connectivity index (χ0) is 23.3. The average molecular weight is 480 g/mol. The van der Waals surface area contributed by atoms with Gasteiger partial charge in [-0.2, -0.15) is 34.8 Å². The molecule has 0 aromatic carbocycles. The van der Waals surface area contributed by atoms with Gasteiger partial charge in [-0.3, -0.25) is 4.55 Å². The second-order valence-corrected chi connectivity index (χ2v) is 10.6. The van der Waals surface area contributed by atoms with Gasteiger partial charge in [0.2, 0.25) is 0 Å². The summed E-state index contributed by atoms with van der Waals surface area (Å²) in [6.07, 6.45) is -8.74. The monoisotopic (exact) mass is 480 g/mol. The van der Waals surface area contributed by atoms with E-state index in [1.165, 1.54) is 0 Å². The maximum atomic E-state index is 13.0. The molecular weight excluding hydrogens is 462 g/mol. The first-order valence-electron chi connectivity index (χ1n) is 9.45. The molecule has 0 aromatic rings. The molecule has 5 atom stereocenters. The number of hydrogen-bond donors (Lipinski definition) is 1. The van der Waals surface area contributed by atoms with Crippen LogP contribution in [-0.4, -0.2) is 55.2 Å². The van der Waals surface area contributed by atoms with Crippen LogP contribution in [0.4, 0.5) is 26.3 Å². The van der Waals surface area contributed by atoms with Gasteiger partial charge < -0.3 is 9.47 Å². The smallest absolute Gasteiger partial charge is 0.430 e. The standard InChI is InChI=1S/C17H18F6O7S/c18-16(19,20)15(17(21,22)23,31(26,27)28)12(25)29-6-11(24)30-7-13-3-8-1-9-2-10(5-13)14(9,13)4-8/h8-10H,1-7H2,(H,26,27,28). The van der Waals surface area contributed by atoms with Crippen LogP contribution in [0, 0.1) is 28.6 Å². The van der Waals surface area contributed by atoms with Crippen LogP contribution in [0.25, 0.3) is 0 Å². The van der Waals surface area contributed by atoms with Gasteiger partial charge in [0.1, 0.15) is 0 Å². The Kier molecular flexibility index (Phi) is 4.57. The third-order valence-electron chi connectivity index (χ3n) is 7.88. The molecule has 4 rings (SSSR count). The summed E-state index contributed by atoms with van der Waals surface area (Å²) in [5, 5.41) is 0. The highest BCUT2D eigenvalue weighted by Gasteiger charge is 2.85. The minimum atomic E-state index is -7.11. The lowest BCUT2D eigenvalue weighted by atomic mass is 9.32. The van der Waals surface area contributed by atoms with E-state index in [-0.39, 0.29) is 17.4 Å². The number of esters is 2. The van der Waals surface area contributed by atoms with E-state index in [2.05, 4.69) is 4.74 Å². The second-order valence-electron chi connectivity index (χ2n) is 9.05. The van der Waals surface area contributed by atoms with Gasteiger partial charge in [0.25, 0.3) is 0 Å². The van der Waals surface area contributed by atoms with Gasteiger partial charge in [-0.25, -0.2) is 9.59 Å². The third kappa shape index (κ3) is 2.66. The van der Waals surface area contributed by atoms with Crippen LogP contribution < -0.4 is 0 Å². The molecule has 1 N–H and O–H groups in total. The minimum absolute atomic E-state index is 0.0846. The van der Waals surface area contributed by atoms with Gasteiger partial charge in [0.15, 0.2) is 6.61 Å². The van der Waals surface area contributed by atoms with Crippen molar-refractivity contribution >= 4 is 22.1 Å². The Balaban J connectivity index is 1.41. The molecule has 0 amide bonds. The first kappa shape index (κ1) is 22.6. The topological polar surface area (TPSA) is 107 Å². The molecule has 14 heteroatoms. The highest BCUT2D eigenvalue weighted by Crippen LogP contribution is 2.86. The van der Waals surface area contributed by atoms with Crippen molar-refractivity contribution in [3.63, 3.8) is 0 Å². The van der Waals surface area contributed by atoms with E-state index in [1.807, 2.05) is 0 Å². The predicted molar refractivity (Wildman–Crippen MR) is 86.7 cm³/mol. The summed E-state index contributed by atoms with van der Waals surface area (Å²) >= 11 is 0. The summed E-state index contributed by atoms with van der Waals surface area (Å²) in [7, 11) is -7.11. The number of ether oxygens (including phenoxy) is 2. The molecule has 4 aliphatic carbocycles. The van der Waals surface area contributed by atoms with Crippen LogP contribution in [0.15, 0.2) is 0 Å². The summed E-state index contributed by atoms with van der Waals surface area (Å²) in [6, 6.07) is 0. The maximum Gasteiger partial charge on any atom is 0.430 e. The number of fused-ring (bicyclic) bond motifs is 1. The lowest BCUT2D eigenvalue weighted by Gasteiger charge is -2.72. The third-order valence-corrected chi connectivity index (χ3v) is 9.28. The predicted octanol–water partition coefficient (Wildman–Crippen LogP) is 2.65. The SMILES string of the molecule is O=C(COC(=O)C(C(F)(F)F)(C(F)(F)F)S(=O)(=O)O)OCC12CC3CC4CC(C1)C42C3. The van der Waals surface area contributed by atoms with E-state index in [9.17, 15) is 44.3 Å². The van der Waals surface area contributed by atoms with Crippen LogP contribution in [0.3, 0.4) is 0 Å². The second kappa shape index (κ2) is 6.27. The molecule has 1 spiro atoms. The Labute approximate surface area is 172 Å². The summed E-state index contributed by atoms with van der Waals surface area (Å²) in [4.78, 5) is 23.5. The van der Waals surface area contributed by atoms with Crippen molar-refractivity contribution < 1.29 is 58.4 Å². The van der Waals surface area contributed by atoms with Crippen molar-refractivity contribution in [2.75, 3.05) is 13.2 Å². The van der Waals surface area contributed by atoms with Crippen molar-refractivity contribution in [2.45, 2.75) is 49.2 Å². The molecular formula is C17H18F6O7S. The van der Waals surface area contributed by atoms with Crippen molar-refractivity contribution in [3.8, 4) is 0 Å². The molecule has 4 aliphatic rings. The first-order valence-corrected chi connectivity index (χ1v) is 10.9. The minimum Gasteiger partial charge on any atom is -0.463 e. The Hall–Kier alpha value is -1.57. The highest BCUT2D eigenvalue weighted by molar-refractivity contribution is 7.88. The van der Waals surface area contributed by atoms with E-state index in [0.29, 0.717) is 17.8 Å². The lowest BCUT2D eigenvalue weighted by Crippen LogP contribution is -2.68. The quantitative estimate of drug-likeness (QED) is 0.354. The molecule has 0 aromatic heterocycles. The first-order chi connectivity index (χ1) is 14.0. The zero-order valence-electron chi connectivity index (χ0n) is 15.8. The number of hydrogen-bond acceptors (Lipinski definition) is 6. The fourth-order valence-electron chi connectivity index (χ4n) is 6.93. The van der Waals surface area contributed by atoms with Gasteiger partial charge in [-0.05, 0) is 55.3 Å². The molecule has 0 saturated heterocycles. The molecule has 0 heterocycles. The molecule has 0 radical (unpaired) electrons. The van der Waals surface area contributed by atoms with Crippen LogP contribution in [0.1, 0.15) is 32.1 Å². The Bertz CT molecular complexity index is 914. The fourth-order valence-corrected chi connectivity index (χ4v) is 7.78. The Morgan fingerprint density at radius 2 is 1.55 bits per heavy atom. The van der Waals surface area contributed by atoms with Gasteiger partial charge in [-0.1, -0.05) is 0 Å². The van der Waals surface area contributed by atoms with E-state index >= 15 is 0 Å². The summed E-state index contributed by atoms with van der Waals surface area (Å²) in [5.74, 6) is -3.21. The zero-order valence-corrected chi connectivity index (χ0v) is 16.6. The summed E-state index contributed by atoms with van der Waals surface area (Å²) in [5.41, 5.74) is -0.180. The van der Waals surface area contributed by atoms with Gasteiger partial charge in [-0.15, -0.1) is 0 Å². The van der Waals surface area contributed by atoms with Crippen LogP contribution in [0.2, 0.25) is 0 Å². The molecule has 5 unspecified atom stereocenters. The molecule has 4 fully saturated rings. The van der Waals surface area contributed by atoms with Gasteiger partial charge >= 0.3 is 39.2 Å². The van der Waals surface area contributed by atoms with Crippen molar-refractivity contribution in [3.05, 3.63) is 0 Å². The van der Waals surface area contributed by atoms with E-state index in [1.54, 1.807) is 0 Å². The fraction of sp³-hybridized carbons (Fsp3) is 0.882. The largest absolute Gasteiger partial charge is 0.463 e. The van der Waals surface area contributed by atoms with Crippen molar-refractivity contribution in [2.24, 2.45) is 28.6 Å². The number of carbonyl (C=O) groups excluding carboxylic acids is 2. The number of halogens is 6. The highest BCUT2D eigenvalue weighted by atomic mass is 32.2. The van der Waals surface area contributed by atoms with Crippen LogP contribution in [-0.2, 0) is 29.2 Å².